The lowest BCUT2D eigenvalue weighted by Gasteiger charge is -2.07. The fourth-order valence-electron chi connectivity index (χ4n) is 1.49. The van der Waals surface area contributed by atoms with Gasteiger partial charge in [-0.1, -0.05) is 13.0 Å². The van der Waals surface area contributed by atoms with Crippen LogP contribution in [0, 0.1) is 0 Å². The number of hydrogen-bond donors (Lipinski definition) is 2. The smallest absolute Gasteiger partial charge is 0.221 e. The van der Waals surface area contributed by atoms with Crippen LogP contribution in [0.1, 0.15) is 24.6 Å². The molecular formula is C12H19N3O. The Hall–Kier alpha value is -1.42. The van der Waals surface area contributed by atoms with Crippen LogP contribution in [0.25, 0.3) is 0 Å². The van der Waals surface area contributed by atoms with Crippen molar-refractivity contribution in [2.75, 3.05) is 13.6 Å². The second kappa shape index (κ2) is 6.95. The molecule has 0 fully saturated rings. The molecule has 0 unspecified atom stereocenters. The Labute approximate surface area is 96.5 Å². The maximum Gasteiger partial charge on any atom is 0.221 e. The summed E-state index contributed by atoms with van der Waals surface area (Å²) in [6.07, 6.45) is 3.29. The second-order valence-electron chi connectivity index (χ2n) is 3.56. The van der Waals surface area contributed by atoms with Gasteiger partial charge in [0, 0.05) is 32.8 Å². The van der Waals surface area contributed by atoms with Crippen LogP contribution in [-0.2, 0) is 17.8 Å². The van der Waals surface area contributed by atoms with Crippen molar-refractivity contribution >= 4 is 5.91 Å². The number of aryl methyl sites for hydroxylation is 1. The van der Waals surface area contributed by atoms with Crippen molar-refractivity contribution in [3.63, 3.8) is 0 Å². The molecule has 0 saturated heterocycles. The Morgan fingerprint density at radius 2 is 2.31 bits per heavy atom. The lowest BCUT2D eigenvalue weighted by atomic mass is 10.1. The molecule has 0 saturated carbocycles. The zero-order valence-electron chi connectivity index (χ0n) is 9.92. The highest BCUT2D eigenvalue weighted by atomic mass is 16.1. The maximum atomic E-state index is 11.0. The predicted molar refractivity (Wildman–Crippen MR) is 64.0 cm³/mol. The third kappa shape index (κ3) is 3.98. The minimum Gasteiger partial charge on any atom is -0.359 e. The van der Waals surface area contributed by atoms with Crippen LogP contribution in [0.3, 0.4) is 0 Å². The lowest BCUT2D eigenvalue weighted by Crippen LogP contribution is -2.25. The molecule has 0 aromatic carbocycles. The molecule has 0 aliphatic heterocycles. The Bertz CT molecular complexity index is 339. The van der Waals surface area contributed by atoms with Crippen molar-refractivity contribution in [2.24, 2.45) is 0 Å². The number of pyridine rings is 1. The number of nitrogens with zero attached hydrogens (tertiary/aromatic N) is 1. The van der Waals surface area contributed by atoms with Crippen LogP contribution in [0.4, 0.5) is 0 Å². The van der Waals surface area contributed by atoms with Crippen molar-refractivity contribution in [2.45, 2.75) is 26.3 Å². The molecule has 4 nitrogen and oxygen atoms in total. The highest BCUT2D eigenvalue weighted by molar-refractivity contribution is 5.75. The molecule has 1 heterocycles. The van der Waals surface area contributed by atoms with E-state index in [1.807, 2.05) is 6.07 Å². The molecule has 0 aliphatic rings. The normalized spacial score (nSPS) is 10.1. The monoisotopic (exact) mass is 221 g/mol. The van der Waals surface area contributed by atoms with Crippen LogP contribution >= 0.6 is 0 Å². The molecule has 0 spiro atoms. The minimum atomic E-state index is 0.0595. The van der Waals surface area contributed by atoms with E-state index in [0.29, 0.717) is 13.0 Å². The van der Waals surface area contributed by atoms with E-state index in [1.54, 1.807) is 13.2 Å². The van der Waals surface area contributed by atoms with E-state index in [9.17, 15) is 4.79 Å². The number of amides is 1. The van der Waals surface area contributed by atoms with Gasteiger partial charge in [0.25, 0.3) is 0 Å². The molecule has 1 rings (SSSR count). The van der Waals surface area contributed by atoms with E-state index in [4.69, 9.17) is 0 Å². The fourth-order valence-corrected chi connectivity index (χ4v) is 1.49. The van der Waals surface area contributed by atoms with Crippen LogP contribution in [0.15, 0.2) is 18.3 Å². The van der Waals surface area contributed by atoms with Gasteiger partial charge in [-0.3, -0.25) is 9.78 Å². The van der Waals surface area contributed by atoms with E-state index in [1.165, 1.54) is 5.56 Å². The Morgan fingerprint density at radius 3 is 3.00 bits per heavy atom. The third-order valence-corrected chi connectivity index (χ3v) is 2.47. The quantitative estimate of drug-likeness (QED) is 0.701. The number of rotatable bonds is 6. The molecule has 1 aromatic rings. The number of carbonyl (C=O) groups excluding carboxylic acids is 1. The zero-order valence-corrected chi connectivity index (χ0v) is 9.92. The van der Waals surface area contributed by atoms with E-state index < -0.39 is 0 Å². The molecule has 16 heavy (non-hydrogen) atoms. The number of hydrogen-bond acceptors (Lipinski definition) is 3. The molecule has 1 aromatic heterocycles. The molecule has 88 valence electrons. The van der Waals surface area contributed by atoms with Crippen molar-refractivity contribution < 1.29 is 4.79 Å². The zero-order chi connectivity index (χ0) is 11.8. The van der Waals surface area contributed by atoms with Gasteiger partial charge in [-0.05, 0) is 18.1 Å². The van der Waals surface area contributed by atoms with Gasteiger partial charge in [-0.15, -0.1) is 0 Å². The van der Waals surface area contributed by atoms with Gasteiger partial charge in [-0.2, -0.15) is 0 Å². The predicted octanol–water partition coefficient (Wildman–Crippen LogP) is 0.870. The van der Waals surface area contributed by atoms with Crippen LogP contribution < -0.4 is 10.6 Å². The van der Waals surface area contributed by atoms with Gasteiger partial charge in [0.1, 0.15) is 0 Å². The number of nitrogens with one attached hydrogen (secondary N) is 2. The maximum absolute atomic E-state index is 11.0. The van der Waals surface area contributed by atoms with E-state index >= 15 is 0 Å². The highest BCUT2D eigenvalue weighted by Gasteiger charge is 2.01. The molecule has 0 bridgehead atoms. The van der Waals surface area contributed by atoms with Gasteiger partial charge in [-0.25, -0.2) is 0 Å². The summed E-state index contributed by atoms with van der Waals surface area (Å²) < 4.78 is 0. The topological polar surface area (TPSA) is 54.0 Å². The van der Waals surface area contributed by atoms with Crippen molar-refractivity contribution in [3.05, 3.63) is 29.6 Å². The van der Waals surface area contributed by atoms with Crippen LogP contribution in [0.5, 0.6) is 0 Å². The molecule has 0 atom stereocenters. The van der Waals surface area contributed by atoms with Crippen molar-refractivity contribution in [3.8, 4) is 0 Å². The van der Waals surface area contributed by atoms with Gasteiger partial charge in [0.05, 0.1) is 5.69 Å². The lowest BCUT2D eigenvalue weighted by molar-refractivity contribution is -0.120. The summed E-state index contributed by atoms with van der Waals surface area (Å²) >= 11 is 0. The molecule has 2 N–H and O–H groups in total. The fraction of sp³-hybridized carbons (Fsp3) is 0.500. The summed E-state index contributed by atoms with van der Waals surface area (Å²) in [5.41, 5.74) is 2.33. The summed E-state index contributed by atoms with van der Waals surface area (Å²) in [6.45, 7) is 3.52. The molecular weight excluding hydrogens is 202 g/mol. The average Bonchev–Trinajstić information content (AvgIpc) is 2.34. The van der Waals surface area contributed by atoms with Gasteiger partial charge < -0.3 is 10.6 Å². The summed E-state index contributed by atoms with van der Waals surface area (Å²) in [5, 5.41) is 5.81. The first-order chi connectivity index (χ1) is 7.77. The largest absolute Gasteiger partial charge is 0.359 e. The SMILES string of the molecule is CCc1cccnc1CNCCC(=O)NC. The highest BCUT2D eigenvalue weighted by Crippen LogP contribution is 2.05. The average molecular weight is 221 g/mol. The molecule has 1 amide bonds. The Morgan fingerprint density at radius 1 is 1.50 bits per heavy atom. The summed E-state index contributed by atoms with van der Waals surface area (Å²) in [5.74, 6) is 0.0595. The van der Waals surface area contributed by atoms with Gasteiger partial charge in [0.15, 0.2) is 0 Å². The van der Waals surface area contributed by atoms with Gasteiger partial charge in [0.2, 0.25) is 5.91 Å². The Balaban J connectivity index is 2.34. The van der Waals surface area contributed by atoms with E-state index in [-0.39, 0.29) is 5.91 Å². The van der Waals surface area contributed by atoms with Crippen molar-refractivity contribution in [1.29, 1.82) is 0 Å². The minimum absolute atomic E-state index is 0.0595. The third-order valence-electron chi connectivity index (χ3n) is 2.47. The number of carbonyl (C=O) groups is 1. The van der Waals surface area contributed by atoms with Crippen LogP contribution in [0.2, 0.25) is 0 Å². The van der Waals surface area contributed by atoms with E-state index in [2.05, 4.69) is 28.6 Å². The summed E-state index contributed by atoms with van der Waals surface area (Å²) in [4.78, 5) is 15.3. The second-order valence-corrected chi connectivity index (χ2v) is 3.56. The van der Waals surface area contributed by atoms with Crippen LogP contribution in [-0.4, -0.2) is 24.5 Å². The summed E-state index contributed by atoms with van der Waals surface area (Å²) in [7, 11) is 1.65. The van der Waals surface area contributed by atoms with E-state index in [0.717, 1.165) is 18.7 Å². The number of aromatic nitrogens is 1. The molecule has 0 radical (unpaired) electrons. The van der Waals surface area contributed by atoms with Crippen molar-refractivity contribution in [1.82, 2.24) is 15.6 Å². The summed E-state index contributed by atoms with van der Waals surface area (Å²) in [6, 6.07) is 4.04. The first-order valence-corrected chi connectivity index (χ1v) is 5.62. The van der Waals surface area contributed by atoms with Gasteiger partial charge >= 0.3 is 0 Å². The first kappa shape index (κ1) is 12.6. The standard InChI is InChI=1S/C12H19N3O/c1-3-10-5-4-7-15-11(10)9-14-8-6-12(16)13-2/h4-5,7,14H,3,6,8-9H2,1-2H3,(H,13,16). The molecule has 0 aliphatic carbocycles. The first-order valence-electron chi connectivity index (χ1n) is 5.62. The Kier molecular flexibility index (Phi) is 5.50. The molecule has 4 heteroatoms.